The first kappa shape index (κ1) is 12.9. The van der Waals surface area contributed by atoms with Crippen molar-refractivity contribution in [3.8, 4) is 0 Å². The van der Waals surface area contributed by atoms with E-state index in [2.05, 4.69) is 5.32 Å². The lowest BCUT2D eigenvalue weighted by atomic mass is 9.70. The second kappa shape index (κ2) is 5.48. The Bertz CT molecular complexity index is 270. The van der Waals surface area contributed by atoms with E-state index >= 15 is 0 Å². The Kier molecular flexibility index (Phi) is 3.92. The van der Waals surface area contributed by atoms with Crippen LogP contribution in [-0.4, -0.2) is 36.5 Å². The van der Waals surface area contributed by atoms with E-state index in [1.807, 2.05) is 0 Å². The van der Waals surface area contributed by atoms with Crippen LogP contribution in [0.15, 0.2) is 0 Å². The van der Waals surface area contributed by atoms with E-state index in [-0.39, 0.29) is 11.7 Å². The molecule has 3 rings (SSSR count). The molecule has 0 amide bonds. The largest absolute Gasteiger partial charge is 0.393 e. The van der Waals surface area contributed by atoms with Gasteiger partial charge in [-0.25, -0.2) is 0 Å². The first-order chi connectivity index (χ1) is 8.79. The summed E-state index contributed by atoms with van der Waals surface area (Å²) in [5.41, 5.74) is 0.179. The Morgan fingerprint density at radius 1 is 1.11 bits per heavy atom. The van der Waals surface area contributed by atoms with Gasteiger partial charge in [0.15, 0.2) is 0 Å². The predicted octanol–water partition coefficient (Wildman–Crippen LogP) is 2.09. The van der Waals surface area contributed by atoms with Crippen LogP contribution in [0.2, 0.25) is 0 Å². The molecule has 3 heteroatoms. The molecule has 0 aromatic heterocycles. The summed E-state index contributed by atoms with van der Waals surface area (Å²) in [6, 6.07) is 0. The quantitative estimate of drug-likeness (QED) is 0.752. The van der Waals surface area contributed by atoms with Gasteiger partial charge in [0.25, 0.3) is 0 Å². The fourth-order valence-electron chi connectivity index (χ4n) is 4.33. The Hall–Kier alpha value is -0.120. The van der Waals surface area contributed by atoms with Crippen molar-refractivity contribution in [1.29, 1.82) is 0 Å². The van der Waals surface area contributed by atoms with Gasteiger partial charge in [-0.05, 0) is 44.6 Å². The maximum absolute atomic E-state index is 10.2. The van der Waals surface area contributed by atoms with Crippen LogP contribution in [0.3, 0.4) is 0 Å². The zero-order valence-electron chi connectivity index (χ0n) is 11.4. The molecule has 2 N–H and O–H groups in total. The molecule has 1 saturated carbocycles. The average Bonchev–Trinajstić information content (AvgIpc) is 2.40. The summed E-state index contributed by atoms with van der Waals surface area (Å²) in [5, 5.41) is 13.7. The first-order valence-electron chi connectivity index (χ1n) is 7.82. The van der Waals surface area contributed by atoms with Crippen LogP contribution in [0.5, 0.6) is 0 Å². The van der Waals surface area contributed by atoms with E-state index in [1.165, 1.54) is 38.5 Å². The molecule has 3 nitrogen and oxygen atoms in total. The van der Waals surface area contributed by atoms with Gasteiger partial charge in [0, 0.05) is 19.1 Å². The minimum Gasteiger partial charge on any atom is -0.393 e. The standard InChI is InChI=1S/C15H27NO2/c17-14-4-8-16-11-13(14)12-5-9-18-15(10-12)6-2-1-3-7-15/h12-14,16-17H,1-11H2. The van der Waals surface area contributed by atoms with E-state index in [4.69, 9.17) is 4.74 Å². The first-order valence-corrected chi connectivity index (χ1v) is 7.82. The molecule has 3 atom stereocenters. The number of piperidine rings is 1. The summed E-state index contributed by atoms with van der Waals surface area (Å²) in [5.74, 6) is 1.13. The SMILES string of the molecule is OC1CCNCC1C1CCOC2(CCCCC2)C1. The molecule has 0 aromatic carbocycles. The van der Waals surface area contributed by atoms with Crippen LogP contribution >= 0.6 is 0 Å². The molecule has 104 valence electrons. The predicted molar refractivity (Wildman–Crippen MR) is 71.5 cm³/mol. The number of hydrogen-bond acceptors (Lipinski definition) is 3. The molecule has 2 saturated heterocycles. The van der Waals surface area contributed by atoms with Crippen molar-refractivity contribution >= 4 is 0 Å². The molecule has 3 fully saturated rings. The second-order valence-electron chi connectivity index (χ2n) is 6.57. The van der Waals surface area contributed by atoms with Crippen molar-refractivity contribution in [3.63, 3.8) is 0 Å². The number of rotatable bonds is 1. The second-order valence-corrected chi connectivity index (χ2v) is 6.57. The highest BCUT2D eigenvalue weighted by Gasteiger charge is 2.42. The third-order valence-corrected chi connectivity index (χ3v) is 5.39. The van der Waals surface area contributed by atoms with Crippen LogP contribution in [0.1, 0.15) is 51.4 Å². The third-order valence-electron chi connectivity index (χ3n) is 5.39. The van der Waals surface area contributed by atoms with Crippen LogP contribution in [0, 0.1) is 11.8 Å². The van der Waals surface area contributed by atoms with Gasteiger partial charge in [-0.15, -0.1) is 0 Å². The normalized spacial score (nSPS) is 40.8. The van der Waals surface area contributed by atoms with Crippen molar-refractivity contribution in [2.24, 2.45) is 11.8 Å². The van der Waals surface area contributed by atoms with E-state index < -0.39 is 0 Å². The Morgan fingerprint density at radius 3 is 2.72 bits per heavy atom. The molecule has 3 aliphatic rings. The monoisotopic (exact) mass is 253 g/mol. The van der Waals surface area contributed by atoms with E-state index in [0.29, 0.717) is 11.8 Å². The summed E-state index contributed by atoms with van der Waals surface area (Å²) in [4.78, 5) is 0. The van der Waals surface area contributed by atoms with Crippen LogP contribution in [-0.2, 0) is 4.74 Å². The van der Waals surface area contributed by atoms with Gasteiger partial charge in [0.2, 0.25) is 0 Å². The highest BCUT2D eigenvalue weighted by molar-refractivity contribution is 4.94. The number of aliphatic hydroxyl groups excluding tert-OH is 1. The maximum atomic E-state index is 10.2. The Balaban J connectivity index is 1.65. The Morgan fingerprint density at radius 2 is 1.94 bits per heavy atom. The molecule has 2 aliphatic heterocycles. The minimum atomic E-state index is -0.0880. The molecular formula is C15H27NO2. The highest BCUT2D eigenvalue weighted by atomic mass is 16.5. The van der Waals surface area contributed by atoms with Crippen LogP contribution in [0.4, 0.5) is 0 Å². The van der Waals surface area contributed by atoms with Gasteiger partial charge in [-0.2, -0.15) is 0 Å². The zero-order valence-corrected chi connectivity index (χ0v) is 11.4. The van der Waals surface area contributed by atoms with Gasteiger partial charge in [0.05, 0.1) is 11.7 Å². The highest BCUT2D eigenvalue weighted by Crippen LogP contribution is 2.43. The lowest BCUT2D eigenvalue weighted by Gasteiger charge is -2.47. The minimum absolute atomic E-state index is 0.0880. The lowest BCUT2D eigenvalue weighted by Crippen LogP contribution is -2.49. The molecule has 0 bridgehead atoms. The molecule has 3 unspecified atom stereocenters. The molecule has 18 heavy (non-hydrogen) atoms. The summed E-state index contributed by atoms with van der Waals surface area (Å²) in [6.07, 6.45) is 9.71. The van der Waals surface area contributed by atoms with Crippen molar-refractivity contribution in [2.45, 2.75) is 63.1 Å². The smallest absolute Gasteiger partial charge is 0.0685 e. The number of ether oxygens (including phenoxy) is 1. The molecule has 0 radical (unpaired) electrons. The van der Waals surface area contributed by atoms with Gasteiger partial charge in [-0.1, -0.05) is 19.3 Å². The number of aliphatic hydroxyl groups is 1. The Labute approximate surface area is 110 Å². The number of hydrogen-bond donors (Lipinski definition) is 2. The summed E-state index contributed by atoms with van der Waals surface area (Å²) >= 11 is 0. The number of nitrogens with one attached hydrogen (secondary N) is 1. The third kappa shape index (κ3) is 2.59. The van der Waals surface area contributed by atoms with E-state index in [9.17, 15) is 5.11 Å². The molecular weight excluding hydrogens is 226 g/mol. The van der Waals surface area contributed by atoms with E-state index in [1.54, 1.807) is 0 Å². The van der Waals surface area contributed by atoms with Crippen molar-refractivity contribution in [1.82, 2.24) is 5.32 Å². The van der Waals surface area contributed by atoms with Gasteiger partial charge >= 0.3 is 0 Å². The van der Waals surface area contributed by atoms with Crippen molar-refractivity contribution in [2.75, 3.05) is 19.7 Å². The summed E-state index contributed by atoms with van der Waals surface area (Å²) in [6.45, 7) is 2.89. The van der Waals surface area contributed by atoms with Gasteiger partial charge < -0.3 is 15.2 Å². The van der Waals surface area contributed by atoms with Crippen molar-refractivity contribution < 1.29 is 9.84 Å². The maximum Gasteiger partial charge on any atom is 0.0685 e. The van der Waals surface area contributed by atoms with E-state index in [0.717, 1.165) is 32.5 Å². The van der Waals surface area contributed by atoms with Crippen LogP contribution < -0.4 is 5.32 Å². The fourth-order valence-corrected chi connectivity index (χ4v) is 4.33. The van der Waals surface area contributed by atoms with Gasteiger partial charge in [-0.3, -0.25) is 0 Å². The fraction of sp³-hybridized carbons (Fsp3) is 1.00. The topological polar surface area (TPSA) is 41.5 Å². The van der Waals surface area contributed by atoms with Crippen molar-refractivity contribution in [3.05, 3.63) is 0 Å². The van der Waals surface area contributed by atoms with Gasteiger partial charge in [0.1, 0.15) is 0 Å². The molecule has 1 aliphatic carbocycles. The zero-order chi connectivity index (χ0) is 12.4. The summed E-state index contributed by atoms with van der Waals surface area (Å²) in [7, 11) is 0. The molecule has 1 spiro atoms. The van der Waals surface area contributed by atoms with Crippen LogP contribution in [0.25, 0.3) is 0 Å². The molecule has 0 aromatic rings. The lowest BCUT2D eigenvalue weighted by molar-refractivity contribution is -0.133. The molecule has 2 heterocycles. The summed E-state index contributed by atoms with van der Waals surface area (Å²) < 4.78 is 6.16. The average molecular weight is 253 g/mol.